The van der Waals surface area contributed by atoms with Gasteiger partial charge < -0.3 is 9.79 Å². The molecule has 0 heterocycles. The fourth-order valence-electron chi connectivity index (χ4n) is 0.328. The molecule has 9 heavy (non-hydrogen) atoms. The zero-order valence-corrected chi connectivity index (χ0v) is 8.17. The molecule has 0 aromatic rings. The first-order valence-electron chi connectivity index (χ1n) is 2.76. The van der Waals surface area contributed by atoms with E-state index in [9.17, 15) is 4.57 Å². The molecule has 0 saturated heterocycles. The van der Waals surface area contributed by atoms with Crippen molar-refractivity contribution in [1.82, 2.24) is 0 Å². The van der Waals surface area contributed by atoms with Gasteiger partial charge in [-0.2, -0.15) is 0 Å². The lowest BCUT2D eigenvalue weighted by atomic mass is 10.5. The predicted octanol–water partition coefficient (Wildman–Crippen LogP) is -0.730. The smallest absolute Gasteiger partial charge is 0.303 e. The van der Waals surface area contributed by atoms with Crippen LogP contribution in [-0.4, -0.2) is 26.6 Å². The summed E-state index contributed by atoms with van der Waals surface area (Å²) < 4.78 is 14.1. The Hall–Kier alpha value is 0.327. The summed E-state index contributed by atoms with van der Waals surface area (Å²) in [6.45, 7) is 0.174. The van der Waals surface area contributed by atoms with Gasteiger partial charge in [0.1, 0.15) is 0 Å². The minimum absolute atomic E-state index is 0.174. The van der Waals surface area contributed by atoms with E-state index in [1.165, 1.54) is 0 Å². The second-order valence-corrected chi connectivity index (χ2v) is 3.92. The fourth-order valence-corrected chi connectivity index (χ4v) is 0.983. The molecule has 0 aliphatic heterocycles. The summed E-state index contributed by atoms with van der Waals surface area (Å²) in [5.41, 5.74) is 0. The lowest BCUT2D eigenvalue weighted by Crippen LogP contribution is -1.90. The molecule has 0 atom stereocenters. The van der Waals surface area contributed by atoms with Crippen molar-refractivity contribution in [1.29, 1.82) is 0 Å². The van der Waals surface area contributed by atoms with Crippen LogP contribution in [0.25, 0.3) is 0 Å². The molecule has 0 fully saturated rings. The van der Waals surface area contributed by atoms with Gasteiger partial charge in [0.05, 0.1) is 6.61 Å². The summed E-state index contributed by atoms with van der Waals surface area (Å²) in [5, 5.41) is 0. The number of phosphoric acid groups is 1. The van der Waals surface area contributed by atoms with E-state index >= 15 is 0 Å². The predicted molar refractivity (Wildman–Crippen MR) is 37.4 cm³/mol. The van der Waals surface area contributed by atoms with Crippen molar-refractivity contribution < 1.29 is 18.9 Å². The van der Waals surface area contributed by atoms with Crippen LogP contribution in [0.2, 0.25) is 6.04 Å². The molecule has 2 N–H and O–H groups in total. The maximum atomic E-state index is 9.99. The molecule has 0 aliphatic carbocycles. The van der Waals surface area contributed by atoms with Gasteiger partial charge in [0, 0.05) is 10.2 Å². The lowest BCUT2D eigenvalue weighted by Gasteiger charge is -2.02. The monoisotopic (exact) mass is 170 g/mol. The number of rotatable bonds is 4. The molecule has 0 aromatic carbocycles. The van der Waals surface area contributed by atoms with Crippen LogP contribution >= 0.6 is 7.82 Å². The third kappa shape index (κ3) is 8.33. The third-order valence-corrected chi connectivity index (χ3v) is 1.98. The molecule has 0 unspecified atom stereocenters. The normalized spacial score (nSPS) is 12.2. The Morgan fingerprint density at radius 1 is 1.56 bits per heavy atom. The lowest BCUT2D eigenvalue weighted by molar-refractivity contribution is 0.197. The van der Waals surface area contributed by atoms with Crippen LogP contribution in [0.3, 0.4) is 0 Å². The highest BCUT2D eigenvalue weighted by atomic mass is 31.2. The molecule has 0 aromatic heterocycles. The van der Waals surface area contributed by atoms with Gasteiger partial charge in [-0.05, 0) is 6.42 Å². The highest BCUT2D eigenvalue weighted by molar-refractivity contribution is 7.46. The van der Waals surface area contributed by atoms with Gasteiger partial charge in [-0.25, -0.2) is 4.57 Å². The molecule has 0 saturated carbocycles. The van der Waals surface area contributed by atoms with Crippen LogP contribution in [0.4, 0.5) is 0 Å². The Morgan fingerprint density at radius 2 is 2.11 bits per heavy atom. The Balaban J connectivity index is 3.18. The van der Waals surface area contributed by atoms with Crippen molar-refractivity contribution in [3.63, 3.8) is 0 Å². The molecular weight excluding hydrogens is 159 g/mol. The molecule has 0 radical (unpaired) electrons. The molecular formula is C3H11O4PSi. The minimum atomic E-state index is -4.18. The molecule has 0 rings (SSSR count). The van der Waals surface area contributed by atoms with E-state index in [4.69, 9.17) is 9.79 Å². The first-order valence-corrected chi connectivity index (χ1v) is 5.71. The standard InChI is InChI=1S/C3H11O4PSi/c4-8(5,6)7-2-1-3-9/h1-3H2,9H3,(H2,4,5,6). The van der Waals surface area contributed by atoms with Gasteiger partial charge >= 0.3 is 7.82 Å². The van der Waals surface area contributed by atoms with E-state index in [1.54, 1.807) is 0 Å². The van der Waals surface area contributed by atoms with Crippen molar-refractivity contribution in [3.05, 3.63) is 0 Å². The van der Waals surface area contributed by atoms with Crippen molar-refractivity contribution >= 4 is 18.1 Å². The zero-order valence-electron chi connectivity index (χ0n) is 5.28. The van der Waals surface area contributed by atoms with E-state index < -0.39 is 7.82 Å². The van der Waals surface area contributed by atoms with Gasteiger partial charge in [-0.3, -0.25) is 4.52 Å². The van der Waals surface area contributed by atoms with Crippen LogP contribution in [0.15, 0.2) is 0 Å². The van der Waals surface area contributed by atoms with Gasteiger partial charge in [0.2, 0.25) is 0 Å². The maximum Gasteiger partial charge on any atom is 0.469 e. The highest BCUT2D eigenvalue weighted by Gasteiger charge is 2.11. The number of hydrogen-bond donors (Lipinski definition) is 2. The third-order valence-electron chi connectivity index (χ3n) is 0.757. The van der Waals surface area contributed by atoms with Gasteiger partial charge in [-0.1, -0.05) is 6.04 Å². The molecule has 56 valence electrons. The summed E-state index contributed by atoms with van der Waals surface area (Å²) in [5.74, 6) is 0. The molecule has 6 heteroatoms. The topological polar surface area (TPSA) is 66.8 Å². The molecule has 0 bridgehead atoms. The average Bonchev–Trinajstić information content (AvgIpc) is 1.63. The minimum Gasteiger partial charge on any atom is -0.303 e. The summed E-state index contributed by atoms with van der Waals surface area (Å²) in [7, 11) is -3.12. The molecule has 0 aliphatic rings. The summed E-state index contributed by atoms with van der Waals surface area (Å²) in [6, 6.07) is 1.01. The van der Waals surface area contributed by atoms with Crippen LogP contribution in [0.5, 0.6) is 0 Å². The van der Waals surface area contributed by atoms with E-state index in [0.29, 0.717) is 0 Å². The van der Waals surface area contributed by atoms with Crippen molar-refractivity contribution in [2.75, 3.05) is 6.61 Å². The van der Waals surface area contributed by atoms with Gasteiger partial charge in [-0.15, -0.1) is 0 Å². The second kappa shape index (κ2) is 4.19. The Labute approximate surface area is 56.9 Å². The van der Waals surface area contributed by atoms with Crippen molar-refractivity contribution in [2.24, 2.45) is 0 Å². The van der Waals surface area contributed by atoms with E-state index in [2.05, 4.69) is 4.52 Å². The van der Waals surface area contributed by atoms with Crippen molar-refractivity contribution in [3.8, 4) is 0 Å². The SMILES string of the molecule is O=P(O)(O)OCCC[SiH3]. The van der Waals surface area contributed by atoms with E-state index in [-0.39, 0.29) is 6.61 Å². The Morgan fingerprint density at radius 3 is 2.44 bits per heavy atom. The van der Waals surface area contributed by atoms with Crippen LogP contribution < -0.4 is 0 Å². The number of phosphoric ester groups is 1. The van der Waals surface area contributed by atoms with Gasteiger partial charge in [0.25, 0.3) is 0 Å². The van der Waals surface area contributed by atoms with Gasteiger partial charge in [0.15, 0.2) is 0 Å². The maximum absolute atomic E-state index is 9.99. The van der Waals surface area contributed by atoms with Crippen molar-refractivity contribution in [2.45, 2.75) is 12.5 Å². The molecule has 0 amide bonds. The van der Waals surface area contributed by atoms with Crippen LogP contribution in [-0.2, 0) is 9.09 Å². The highest BCUT2D eigenvalue weighted by Crippen LogP contribution is 2.35. The fraction of sp³-hybridized carbons (Fsp3) is 1.00. The molecule has 0 spiro atoms. The van der Waals surface area contributed by atoms with E-state index in [1.807, 2.05) is 0 Å². The summed E-state index contributed by atoms with van der Waals surface area (Å²) >= 11 is 0. The quantitative estimate of drug-likeness (QED) is 0.331. The average molecular weight is 170 g/mol. The van der Waals surface area contributed by atoms with Crippen LogP contribution in [0.1, 0.15) is 6.42 Å². The first-order chi connectivity index (χ1) is 4.06. The first kappa shape index (κ1) is 9.33. The van der Waals surface area contributed by atoms with E-state index in [0.717, 1.165) is 22.7 Å². The number of hydrogen-bond acceptors (Lipinski definition) is 2. The molecule has 4 nitrogen and oxygen atoms in total. The summed E-state index contributed by atoms with van der Waals surface area (Å²) in [6.07, 6.45) is 0.747. The second-order valence-electron chi connectivity index (χ2n) is 1.68. The largest absolute Gasteiger partial charge is 0.469 e. The summed E-state index contributed by atoms with van der Waals surface area (Å²) in [4.78, 5) is 16.3. The zero-order chi connectivity index (χ0) is 7.33. The Kier molecular flexibility index (Phi) is 4.34. The van der Waals surface area contributed by atoms with Crippen LogP contribution in [0, 0.1) is 0 Å². The Bertz CT molecular complexity index is 110.